The number of amides is 7. The van der Waals surface area contributed by atoms with E-state index in [2.05, 4.69) is 21.3 Å². The van der Waals surface area contributed by atoms with Gasteiger partial charge < -0.3 is 27.0 Å². The molecular formula is C29H44N6O6S. The van der Waals surface area contributed by atoms with Gasteiger partial charge in [-0.3, -0.25) is 28.9 Å². The molecule has 232 valence electrons. The Balaban J connectivity index is 1.89. The third-order valence-corrected chi connectivity index (χ3v) is 7.90. The van der Waals surface area contributed by atoms with Crippen molar-refractivity contribution in [3.05, 3.63) is 29.8 Å². The summed E-state index contributed by atoms with van der Waals surface area (Å²) in [5.41, 5.74) is 6.73. The number of rotatable bonds is 17. The molecule has 1 aliphatic heterocycles. The molecule has 1 aromatic rings. The van der Waals surface area contributed by atoms with Crippen molar-refractivity contribution in [3.8, 4) is 0 Å². The Morgan fingerprint density at radius 2 is 1.69 bits per heavy atom. The Kier molecular flexibility index (Phi) is 14.3. The standard InChI is InChI=1S/C29H44N6O6S/c1-18(2)25(34-23(36)10-6-5-7-16-35-24(37)17-22(42-4)28(35)40)27(39)33-21(9-8-15-31-29(30)41)26(38)32-20-13-11-19(3)12-14-20/h11-14,18,21-22,25H,5-10,15-17H2,1-4H3,(H,32,38)(H,33,39)(H,34,36)(H3,30,31,41). The summed E-state index contributed by atoms with van der Waals surface area (Å²) in [6, 6.07) is 4.80. The van der Waals surface area contributed by atoms with Crippen molar-refractivity contribution >= 4 is 53.0 Å². The first kappa shape index (κ1) is 34.6. The Morgan fingerprint density at radius 3 is 2.29 bits per heavy atom. The molecule has 3 unspecified atom stereocenters. The van der Waals surface area contributed by atoms with Crippen LogP contribution in [-0.2, 0) is 24.0 Å². The van der Waals surface area contributed by atoms with Crippen LogP contribution >= 0.6 is 11.8 Å². The van der Waals surface area contributed by atoms with E-state index in [9.17, 15) is 28.8 Å². The van der Waals surface area contributed by atoms with E-state index in [4.69, 9.17) is 5.73 Å². The van der Waals surface area contributed by atoms with Crippen molar-refractivity contribution in [3.63, 3.8) is 0 Å². The maximum atomic E-state index is 13.2. The number of hydrogen-bond donors (Lipinski definition) is 5. The lowest BCUT2D eigenvalue weighted by molar-refractivity contribution is -0.138. The maximum absolute atomic E-state index is 13.2. The minimum atomic E-state index is -0.909. The average molecular weight is 605 g/mol. The first-order valence-corrected chi connectivity index (χ1v) is 15.6. The van der Waals surface area contributed by atoms with Crippen LogP contribution < -0.4 is 27.0 Å². The second kappa shape index (κ2) is 17.4. The number of urea groups is 1. The molecule has 42 heavy (non-hydrogen) atoms. The summed E-state index contributed by atoms with van der Waals surface area (Å²) in [5, 5.41) is 10.5. The monoisotopic (exact) mass is 604 g/mol. The molecule has 6 N–H and O–H groups in total. The molecule has 3 atom stereocenters. The molecule has 0 aromatic heterocycles. The lowest BCUT2D eigenvalue weighted by Gasteiger charge is -2.25. The first-order valence-electron chi connectivity index (χ1n) is 14.3. The van der Waals surface area contributed by atoms with E-state index in [1.165, 1.54) is 16.7 Å². The van der Waals surface area contributed by atoms with Gasteiger partial charge in [0.2, 0.25) is 29.5 Å². The fourth-order valence-corrected chi connectivity index (χ4v) is 5.14. The summed E-state index contributed by atoms with van der Waals surface area (Å²) in [5.74, 6) is -1.75. The maximum Gasteiger partial charge on any atom is 0.312 e. The predicted molar refractivity (Wildman–Crippen MR) is 162 cm³/mol. The molecule has 0 bridgehead atoms. The summed E-state index contributed by atoms with van der Waals surface area (Å²) in [6.07, 6.45) is 4.64. The largest absolute Gasteiger partial charge is 0.352 e. The average Bonchev–Trinajstić information content (AvgIpc) is 3.21. The highest BCUT2D eigenvalue weighted by atomic mass is 32.2. The number of unbranched alkanes of at least 4 members (excludes halogenated alkanes) is 2. The topological polar surface area (TPSA) is 180 Å². The summed E-state index contributed by atoms with van der Waals surface area (Å²) in [4.78, 5) is 75.6. The van der Waals surface area contributed by atoms with Crippen molar-refractivity contribution < 1.29 is 28.8 Å². The van der Waals surface area contributed by atoms with Gasteiger partial charge in [-0.1, -0.05) is 38.0 Å². The van der Waals surface area contributed by atoms with Crippen molar-refractivity contribution in [2.75, 3.05) is 24.7 Å². The van der Waals surface area contributed by atoms with Crippen LogP contribution in [0.3, 0.4) is 0 Å². The Morgan fingerprint density at radius 1 is 1.00 bits per heavy atom. The molecule has 13 heteroatoms. The quantitative estimate of drug-likeness (QED) is 0.133. The van der Waals surface area contributed by atoms with E-state index < -0.39 is 29.9 Å². The van der Waals surface area contributed by atoms with Crippen molar-refractivity contribution in [1.29, 1.82) is 0 Å². The van der Waals surface area contributed by atoms with Gasteiger partial charge in [0.05, 0.1) is 5.25 Å². The van der Waals surface area contributed by atoms with Gasteiger partial charge in [0.1, 0.15) is 12.1 Å². The van der Waals surface area contributed by atoms with Crippen LogP contribution in [0.1, 0.15) is 64.4 Å². The van der Waals surface area contributed by atoms with E-state index in [-0.39, 0.29) is 54.7 Å². The van der Waals surface area contributed by atoms with Gasteiger partial charge in [0.15, 0.2) is 0 Å². The zero-order chi connectivity index (χ0) is 31.2. The van der Waals surface area contributed by atoms with Crippen LogP contribution in [0.15, 0.2) is 24.3 Å². The number of nitrogens with one attached hydrogen (secondary N) is 4. The molecule has 1 aromatic carbocycles. The van der Waals surface area contributed by atoms with Crippen LogP contribution in [0.25, 0.3) is 0 Å². The van der Waals surface area contributed by atoms with Crippen LogP contribution in [0.4, 0.5) is 10.5 Å². The van der Waals surface area contributed by atoms with Gasteiger partial charge in [-0.15, -0.1) is 0 Å². The van der Waals surface area contributed by atoms with E-state index in [1.807, 2.05) is 25.3 Å². The summed E-state index contributed by atoms with van der Waals surface area (Å²) in [7, 11) is 0. The Labute approximate surface area is 251 Å². The van der Waals surface area contributed by atoms with Crippen molar-refractivity contribution in [1.82, 2.24) is 20.9 Å². The van der Waals surface area contributed by atoms with E-state index in [0.29, 0.717) is 37.9 Å². The highest BCUT2D eigenvalue weighted by Gasteiger charge is 2.37. The van der Waals surface area contributed by atoms with Crippen LogP contribution in [0, 0.1) is 12.8 Å². The van der Waals surface area contributed by atoms with Crippen molar-refractivity contribution in [2.24, 2.45) is 11.7 Å². The molecule has 0 radical (unpaired) electrons. The highest BCUT2D eigenvalue weighted by Crippen LogP contribution is 2.23. The third-order valence-electron chi connectivity index (χ3n) is 6.96. The SMILES string of the molecule is CSC1CC(=O)N(CCCCCC(=O)NC(C(=O)NC(CCCNC(N)=O)C(=O)Nc2ccc(C)cc2)C(C)C)C1=O. The minimum absolute atomic E-state index is 0.147. The zero-order valence-electron chi connectivity index (χ0n) is 24.9. The normalized spacial score (nSPS) is 16.2. The van der Waals surface area contributed by atoms with E-state index in [0.717, 1.165) is 5.56 Å². The van der Waals surface area contributed by atoms with Crippen LogP contribution in [0.2, 0.25) is 0 Å². The number of imide groups is 1. The number of primary amides is 1. The summed E-state index contributed by atoms with van der Waals surface area (Å²) >= 11 is 1.38. The summed E-state index contributed by atoms with van der Waals surface area (Å²) in [6.45, 7) is 6.11. The van der Waals surface area contributed by atoms with Gasteiger partial charge in [-0.25, -0.2) is 4.79 Å². The molecular weight excluding hydrogens is 560 g/mol. The number of nitrogens with zero attached hydrogens (tertiary/aromatic N) is 1. The van der Waals surface area contributed by atoms with Gasteiger partial charge in [-0.2, -0.15) is 11.8 Å². The second-order valence-corrected chi connectivity index (χ2v) is 11.8. The molecule has 1 aliphatic rings. The van der Waals surface area contributed by atoms with E-state index >= 15 is 0 Å². The van der Waals surface area contributed by atoms with Crippen LogP contribution in [-0.4, -0.2) is 77.1 Å². The molecule has 0 spiro atoms. The first-order chi connectivity index (χ1) is 19.9. The Bertz CT molecular complexity index is 1110. The summed E-state index contributed by atoms with van der Waals surface area (Å²) < 4.78 is 0. The number of likely N-dealkylation sites (tertiary alicyclic amines) is 1. The number of hydrogen-bond acceptors (Lipinski definition) is 7. The van der Waals surface area contributed by atoms with Gasteiger partial charge >= 0.3 is 6.03 Å². The number of carbonyl (C=O) groups is 6. The second-order valence-electron chi connectivity index (χ2n) is 10.8. The van der Waals surface area contributed by atoms with Crippen molar-refractivity contribution in [2.45, 2.75) is 83.1 Å². The molecule has 1 heterocycles. The van der Waals surface area contributed by atoms with Gasteiger partial charge in [0, 0.05) is 31.6 Å². The molecule has 1 fully saturated rings. The van der Waals surface area contributed by atoms with E-state index in [1.54, 1.807) is 26.0 Å². The zero-order valence-corrected chi connectivity index (χ0v) is 25.7. The number of aryl methyl sites for hydroxylation is 1. The molecule has 12 nitrogen and oxygen atoms in total. The smallest absolute Gasteiger partial charge is 0.312 e. The van der Waals surface area contributed by atoms with Gasteiger partial charge in [0.25, 0.3) is 0 Å². The fourth-order valence-electron chi connectivity index (χ4n) is 4.50. The predicted octanol–water partition coefficient (Wildman–Crippen LogP) is 2.06. The minimum Gasteiger partial charge on any atom is -0.352 e. The number of benzene rings is 1. The molecule has 2 rings (SSSR count). The van der Waals surface area contributed by atoms with Gasteiger partial charge in [-0.05, 0) is 56.9 Å². The third kappa shape index (κ3) is 11.3. The van der Waals surface area contributed by atoms with Crippen LogP contribution in [0.5, 0.6) is 0 Å². The number of nitrogens with two attached hydrogens (primary N) is 1. The highest BCUT2D eigenvalue weighted by molar-refractivity contribution is 8.00. The lowest BCUT2D eigenvalue weighted by atomic mass is 10.0. The number of carbonyl (C=O) groups excluding carboxylic acids is 6. The molecule has 0 aliphatic carbocycles. The lowest BCUT2D eigenvalue weighted by Crippen LogP contribution is -2.54. The number of anilines is 1. The fraction of sp³-hybridized carbons (Fsp3) is 0.586. The molecule has 0 saturated carbocycles. The molecule has 1 saturated heterocycles. The molecule has 7 amide bonds. The Hall–Kier alpha value is -3.61. The number of thioether (sulfide) groups is 1.